The Kier molecular flexibility index (Phi) is 7.76. The highest BCUT2D eigenvalue weighted by molar-refractivity contribution is 8.00. The van der Waals surface area contributed by atoms with E-state index in [1.807, 2.05) is 24.3 Å². The predicted molar refractivity (Wildman–Crippen MR) is 120 cm³/mol. The first-order valence-corrected chi connectivity index (χ1v) is 12.2. The van der Waals surface area contributed by atoms with Gasteiger partial charge in [0.05, 0.1) is 17.8 Å². The van der Waals surface area contributed by atoms with Gasteiger partial charge in [-0.25, -0.2) is 8.42 Å². The summed E-state index contributed by atoms with van der Waals surface area (Å²) >= 11 is 1.42. The summed E-state index contributed by atoms with van der Waals surface area (Å²) < 4.78 is 32.3. The lowest BCUT2D eigenvalue weighted by molar-refractivity contribution is -0.113. The first-order valence-electron chi connectivity index (χ1n) is 9.81. The smallest absolute Gasteiger partial charge is 0.243 e. The van der Waals surface area contributed by atoms with E-state index < -0.39 is 10.0 Å². The van der Waals surface area contributed by atoms with E-state index >= 15 is 0 Å². The number of thioether (sulfide) groups is 1. The molecule has 162 valence electrons. The Morgan fingerprint density at radius 1 is 1.03 bits per heavy atom. The lowest BCUT2D eigenvalue weighted by Gasteiger charge is -2.33. The third kappa shape index (κ3) is 5.75. The molecule has 3 rings (SSSR count). The third-order valence-corrected chi connectivity index (χ3v) is 7.91. The number of amides is 1. The van der Waals surface area contributed by atoms with Crippen LogP contribution in [0.25, 0.3) is 0 Å². The molecule has 1 saturated heterocycles. The van der Waals surface area contributed by atoms with Gasteiger partial charge in [-0.05, 0) is 55.1 Å². The minimum Gasteiger partial charge on any atom is -0.497 e. The number of nitrogens with one attached hydrogen (secondary N) is 1. The topological polar surface area (TPSA) is 79.0 Å². The van der Waals surface area contributed by atoms with Gasteiger partial charge in [-0.1, -0.05) is 6.92 Å². The highest BCUT2D eigenvalue weighted by Gasteiger charge is 2.27. The van der Waals surface area contributed by atoms with Crippen molar-refractivity contribution in [2.24, 2.45) is 0 Å². The number of hydrogen-bond donors (Lipinski definition) is 1. The van der Waals surface area contributed by atoms with Crippen LogP contribution in [0.3, 0.4) is 0 Å². The molecule has 1 aliphatic rings. The Morgan fingerprint density at radius 3 is 2.23 bits per heavy atom. The monoisotopic (exact) mass is 449 g/mol. The molecule has 0 aliphatic carbocycles. The van der Waals surface area contributed by atoms with Crippen LogP contribution >= 0.6 is 11.8 Å². The normalized spacial score (nSPS) is 15.7. The van der Waals surface area contributed by atoms with E-state index in [0.717, 1.165) is 30.3 Å². The summed E-state index contributed by atoms with van der Waals surface area (Å²) in [6.07, 6.45) is 0. The molecule has 0 atom stereocenters. The van der Waals surface area contributed by atoms with Gasteiger partial charge >= 0.3 is 0 Å². The molecule has 7 nitrogen and oxygen atoms in total. The van der Waals surface area contributed by atoms with Crippen molar-refractivity contribution in [2.45, 2.75) is 16.7 Å². The number of benzene rings is 2. The fourth-order valence-electron chi connectivity index (χ4n) is 3.16. The van der Waals surface area contributed by atoms with Crippen molar-refractivity contribution >= 4 is 33.4 Å². The van der Waals surface area contributed by atoms with E-state index in [0.29, 0.717) is 18.8 Å². The average Bonchev–Trinajstić information content (AvgIpc) is 2.78. The minimum absolute atomic E-state index is 0.151. The largest absolute Gasteiger partial charge is 0.497 e. The summed E-state index contributed by atoms with van der Waals surface area (Å²) in [5, 5.41) is 2.81. The van der Waals surface area contributed by atoms with Crippen LogP contribution in [0, 0.1) is 0 Å². The van der Waals surface area contributed by atoms with Gasteiger partial charge in [0.2, 0.25) is 15.9 Å². The molecule has 1 N–H and O–H groups in total. The van der Waals surface area contributed by atoms with Crippen molar-refractivity contribution in [1.82, 2.24) is 9.21 Å². The molecule has 9 heteroatoms. The summed E-state index contributed by atoms with van der Waals surface area (Å²) in [7, 11) is -1.90. The molecule has 0 unspecified atom stereocenters. The maximum atomic E-state index is 12.8. The second kappa shape index (κ2) is 10.3. The second-order valence-electron chi connectivity index (χ2n) is 6.88. The van der Waals surface area contributed by atoms with Crippen molar-refractivity contribution in [1.29, 1.82) is 0 Å². The number of methoxy groups -OCH3 is 1. The quantitative estimate of drug-likeness (QED) is 0.625. The maximum absolute atomic E-state index is 12.8. The lowest BCUT2D eigenvalue weighted by Crippen LogP contribution is -2.48. The van der Waals surface area contributed by atoms with Gasteiger partial charge < -0.3 is 15.0 Å². The Bertz CT molecular complexity index is 939. The van der Waals surface area contributed by atoms with Crippen molar-refractivity contribution < 1.29 is 17.9 Å². The number of likely N-dealkylation sites (N-methyl/N-ethyl adjacent to an activating group) is 1. The fraction of sp³-hybridized carbons (Fsp3) is 0.381. The van der Waals surface area contributed by atoms with E-state index in [9.17, 15) is 13.2 Å². The molecule has 1 fully saturated rings. The van der Waals surface area contributed by atoms with Crippen molar-refractivity contribution in [3.05, 3.63) is 48.5 Å². The molecule has 0 saturated carbocycles. The molecule has 2 aromatic rings. The van der Waals surface area contributed by atoms with Gasteiger partial charge in [-0.15, -0.1) is 11.8 Å². The van der Waals surface area contributed by atoms with Gasteiger partial charge in [-0.3, -0.25) is 4.79 Å². The molecule has 0 radical (unpaired) electrons. The number of piperazine rings is 1. The molecule has 0 aromatic heterocycles. The summed E-state index contributed by atoms with van der Waals surface area (Å²) in [4.78, 5) is 15.7. The number of anilines is 1. The van der Waals surface area contributed by atoms with Crippen molar-refractivity contribution in [3.63, 3.8) is 0 Å². The zero-order chi connectivity index (χ0) is 21.6. The number of hydrogen-bond acceptors (Lipinski definition) is 6. The summed E-state index contributed by atoms with van der Waals surface area (Å²) in [5.74, 6) is 0.877. The molecular weight excluding hydrogens is 422 g/mol. The zero-order valence-electron chi connectivity index (χ0n) is 17.2. The number of rotatable bonds is 8. The standard InChI is InChI=1S/C21H27N3O4S2/c1-3-23-12-14-24(15-13-23)30(26,27)20-10-4-17(5-11-20)22-21(25)16-29-19-8-6-18(28-2)7-9-19/h4-11H,3,12-16H2,1-2H3,(H,22,25). The number of sulfonamides is 1. The SMILES string of the molecule is CCN1CCN(S(=O)(=O)c2ccc(NC(=O)CSc3ccc(OC)cc3)cc2)CC1. The first-order chi connectivity index (χ1) is 14.4. The highest BCUT2D eigenvalue weighted by atomic mass is 32.2. The average molecular weight is 450 g/mol. The second-order valence-corrected chi connectivity index (χ2v) is 9.86. The number of nitrogens with zero attached hydrogens (tertiary/aromatic N) is 2. The van der Waals surface area contributed by atoms with E-state index in [1.54, 1.807) is 31.4 Å². The molecular formula is C21H27N3O4S2. The maximum Gasteiger partial charge on any atom is 0.243 e. The van der Waals surface area contributed by atoms with Gasteiger partial charge in [0.1, 0.15) is 5.75 Å². The fourth-order valence-corrected chi connectivity index (χ4v) is 5.28. The van der Waals surface area contributed by atoms with Crippen LogP contribution in [-0.2, 0) is 14.8 Å². The van der Waals surface area contributed by atoms with Crippen LogP contribution in [0.4, 0.5) is 5.69 Å². The van der Waals surface area contributed by atoms with Gasteiger partial charge in [0.15, 0.2) is 0 Å². The molecule has 1 heterocycles. The summed E-state index contributed by atoms with van der Waals surface area (Å²) in [5.41, 5.74) is 0.574. The van der Waals surface area contributed by atoms with Crippen LogP contribution in [0.1, 0.15) is 6.92 Å². The molecule has 2 aromatic carbocycles. The van der Waals surface area contributed by atoms with Crippen LogP contribution < -0.4 is 10.1 Å². The minimum atomic E-state index is -3.51. The van der Waals surface area contributed by atoms with E-state index in [-0.39, 0.29) is 16.6 Å². The van der Waals surface area contributed by atoms with Gasteiger partial charge in [0, 0.05) is 36.8 Å². The first kappa shape index (κ1) is 22.6. The van der Waals surface area contributed by atoms with Crippen molar-refractivity contribution in [2.75, 3.05) is 50.9 Å². The van der Waals surface area contributed by atoms with E-state index in [4.69, 9.17) is 4.74 Å². The van der Waals surface area contributed by atoms with Crippen LogP contribution in [-0.4, -0.2) is 69.1 Å². The lowest BCUT2D eigenvalue weighted by atomic mass is 10.3. The Hall–Kier alpha value is -2.07. The van der Waals surface area contributed by atoms with Crippen molar-refractivity contribution in [3.8, 4) is 5.75 Å². The Labute approximate surface area is 182 Å². The third-order valence-electron chi connectivity index (χ3n) is 4.98. The van der Waals surface area contributed by atoms with Gasteiger partial charge in [0.25, 0.3) is 0 Å². The molecule has 0 spiro atoms. The van der Waals surface area contributed by atoms with Crippen LogP contribution in [0.5, 0.6) is 5.75 Å². The highest BCUT2D eigenvalue weighted by Crippen LogP contribution is 2.23. The number of carbonyl (C=O) groups is 1. The van der Waals surface area contributed by atoms with Crippen LogP contribution in [0.15, 0.2) is 58.3 Å². The van der Waals surface area contributed by atoms with Gasteiger partial charge in [-0.2, -0.15) is 4.31 Å². The van der Waals surface area contributed by atoms with Crippen LogP contribution in [0.2, 0.25) is 0 Å². The number of carbonyl (C=O) groups excluding carboxylic acids is 1. The molecule has 1 aliphatic heterocycles. The predicted octanol–water partition coefficient (Wildman–Crippen LogP) is 2.75. The number of ether oxygens (including phenoxy) is 1. The Balaban J connectivity index is 1.53. The summed E-state index contributed by atoms with van der Waals surface area (Å²) in [6.45, 7) is 5.49. The zero-order valence-corrected chi connectivity index (χ0v) is 18.8. The summed E-state index contributed by atoms with van der Waals surface area (Å²) in [6, 6.07) is 13.9. The van der Waals surface area contributed by atoms with E-state index in [1.165, 1.54) is 16.1 Å². The van der Waals surface area contributed by atoms with E-state index in [2.05, 4.69) is 17.1 Å². The molecule has 0 bridgehead atoms. The Morgan fingerprint density at radius 2 is 1.67 bits per heavy atom. The molecule has 30 heavy (non-hydrogen) atoms. The molecule has 1 amide bonds.